The molecule has 150 valence electrons. The number of thiocarbonyl (C=S) groups is 1. The third-order valence-corrected chi connectivity index (χ3v) is 6.80. The van der Waals surface area contributed by atoms with Gasteiger partial charge in [-0.3, -0.25) is 9.69 Å². The highest BCUT2D eigenvalue weighted by Gasteiger charge is 2.34. The van der Waals surface area contributed by atoms with Gasteiger partial charge in [-0.2, -0.15) is 0 Å². The van der Waals surface area contributed by atoms with Crippen LogP contribution in [-0.4, -0.2) is 17.0 Å². The Balaban J connectivity index is 1.35. The standard InChI is InChI=1S/C21H12ClNO4S3/c22-12-1-5-15(6-2-12)29-19-8-4-14(27-19)10-18-20(24)23(21(28)30-18)13-3-7-16-17(9-13)26-11-25-16/h1-10H,11H2/b18-10+. The average molecular weight is 474 g/mol. The summed E-state index contributed by atoms with van der Waals surface area (Å²) in [7, 11) is 0. The Bertz CT molecular complexity index is 1190. The van der Waals surface area contributed by atoms with E-state index in [-0.39, 0.29) is 12.7 Å². The molecule has 0 radical (unpaired) electrons. The van der Waals surface area contributed by atoms with Crippen LogP contribution in [-0.2, 0) is 4.79 Å². The molecule has 3 aromatic rings. The molecule has 0 N–H and O–H groups in total. The van der Waals surface area contributed by atoms with Crippen LogP contribution < -0.4 is 14.4 Å². The number of hydrogen-bond donors (Lipinski definition) is 0. The molecular formula is C21H12ClNO4S3. The average Bonchev–Trinajstić information content (AvgIpc) is 3.44. The minimum Gasteiger partial charge on any atom is -0.454 e. The molecular weight excluding hydrogens is 462 g/mol. The van der Waals surface area contributed by atoms with Gasteiger partial charge in [0.25, 0.3) is 5.91 Å². The summed E-state index contributed by atoms with van der Waals surface area (Å²) < 4.78 is 17.0. The second-order valence-corrected chi connectivity index (χ2v) is 9.46. The first-order valence-corrected chi connectivity index (χ1v) is 11.2. The SMILES string of the molecule is O=C1/C(=C\c2ccc(Sc3ccc(Cl)cc3)o2)SC(=S)N1c1ccc2c(c1)OCO2. The summed E-state index contributed by atoms with van der Waals surface area (Å²) in [6.07, 6.45) is 1.71. The van der Waals surface area contributed by atoms with E-state index in [2.05, 4.69) is 0 Å². The minimum atomic E-state index is -0.202. The van der Waals surface area contributed by atoms with Gasteiger partial charge in [0.2, 0.25) is 6.79 Å². The highest BCUT2D eigenvalue weighted by molar-refractivity contribution is 8.27. The number of amides is 1. The number of nitrogens with zero attached hydrogens (tertiary/aromatic N) is 1. The Morgan fingerprint density at radius 1 is 1.07 bits per heavy atom. The monoisotopic (exact) mass is 473 g/mol. The van der Waals surface area contributed by atoms with Crippen molar-refractivity contribution in [1.29, 1.82) is 0 Å². The van der Waals surface area contributed by atoms with E-state index >= 15 is 0 Å². The van der Waals surface area contributed by atoms with Crippen LogP contribution >= 0.6 is 47.3 Å². The number of halogens is 1. The molecule has 5 rings (SSSR count). The predicted octanol–water partition coefficient (Wildman–Crippen LogP) is 6.22. The summed E-state index contributed by atoms with van der Waals surface area (Å²) in [6, 6.07) is 16.5. The van der Waals surface area contributed by atoms with Gasteiger partial charge in [-0.25, -0.2) is 0 Å². The second-order valence-electron chi connectivity index (χ2n) is 6.27. The van der Waals surface area contributed by atoms with Gasteiger partial charge in [-0.1, -0.05) is 47.3 Å². The van der Waals surface area contributed by atoms with E-state index in [1.807, 2.05) is 36.4 Å². The summed E-state index contributed by atoms with van der Waals surface area (Å²) >= 11 is 14.1. The number of hydrogen-bond acceptors (Lipinski definition) is 7. The minimum absolute atomic E-state index is 0.173. The van der Waals surface area contributed by atoms with Gasteiger partial charge < -0.3 is 13.9 Å². The number of carbonyl (C=O) groups excluding carboxylic acids is 1. The van der Waals surface area contributed by atoms with Crippen molar-refractivity contribution in [2.45, 2.75) is 9.99 Å². The lowest BCUT2D eigenvalue weighted by Gasteiger charge is -2.14. The number of fused-ring (bicyclic) bond motifs is 1. The van der Waals surface area contributed by atoms with Gasteiger partial charge in [0.15, 0.2) is 20.9 Å². The first-order chi connectivity index (χ1) is 14.6. The third kappa shape index (κ3) is 3.83. The van der Waals surface area contributed by atoms with E-state index < -0.39 is 0 Å². The molecule has 3 heterocycles. The maximum Gasteiger partial charge on any atom is 0.270 e. The lowest BCUT2D eigenvalue weighted by Crippen LogP contribution is -2.27. The van der Waals surface area contributed by atoms with Crippen LogP contribution in [0.15, 0.2) is 73.9 Å². The number of carbonyl (C=O) groups is 1. The van der Waals surface area contributed by atoms with Gasteiger partial charge in [0.1, 0.15) is 5.76 Å². The Morgan fingerprint density at radius 2 is 1.87 bits per heavy atom. The molecule has 30 heavy (non-hydrogen) atoms. The summed E-state index contributed by atoms with van der Waals surface area (Å²) in [5.41, 5.74) is 0.642. The smallest absolute Gasteiger partial charge is 0.270 e. The molecule has 2 aliphatic rings. The van der Waals surface area contributed by atoms with Crippen molar-refractivity contribution >= 4 is 69.3 Å². The van der Waals surface area contributed by atoms with Gasteiger partial charge >= 0.3 is 0 Å². The summed E-state index contributed by atoms with van der Waals surface area (Å²) in [6.45, 7) is 0.173. The molecule has 0 aliphatic carbocycles. The zero-order valence-electron chi connectivity index (χ0n) is 15.2. The van der Waals surface area contributed by atoms with E-state index in [0.29, 0.717) is 37.2 Å². The van der Waals surface area contributed by atoms with Crippen LogP contribution in [0.3, 0.4) is 0 Å². The number of rotatable bonds is 4. The zero-order chi connectivity index (χ0) is 20.7. The molecule has 1 amide bonds. The van der Waals surface area contributed by atoms with Crippen LogP contribution in [0.2, 0.25) is 5.02 Å². The van der Waals surface area contributed by atoms with E-state index in [1.54, 1.807) is 24.3 Å². The molecule has 1 fully saturated rings. The first kappa shape index (κ1) is 19.6. The van der Waals surface area contributed by atoms with E-state index in [9.17, 15) is 4.79 Å². The predicted molar refractivity (Wildman–Crippen MR) is 123 cm³/mol. The number of furan rings is 1. The van der Waals surface area contributed by atoms with Crippen molar-refractivity contribution in [2.24, 2.45) is 0 Å². The maximum atomic E-state index is 13.0. The topological polar surface area (TPSA) is 51.9 Å². The second kappa shape index (κ2) is 8.03. The highest BCUT2D eigenvalue weighted by atomic mass is 35.5. The fourth-order valence-corrected chi connectivity index (χ4v) is 5.11. The van der Waals surface area contributed by atoms with Gasteiger partial charge in [-0.05, 0) is 48.5 Å². The van der Waals surface area contributed by atoms with Crippen molar-refractivity contribution in [3.63, 3.8) is 0 Å². The van der Waals surface area contributed by atoms with Crippen LogP contribution in [0, 0.1) is 0 Å². The van der Waals surface area contributed by atoms with Crippen molar-refractivity contribution in [3.05, 3.63) is 70.3 Å². The number of anilines is 1. The zero-order valence-corrected chi connectivity index (χ0v) is 18.4. The van der Waals surface area contributed by atoms with E-state index in [1.165, 1.54) is 28.4 Å². The molecule has 1 saturated heterocycles. The molecule has 0 bridgehead atoms. The Morgan fingerprint density at radius 3 is 2.70 bits per heavy atom. The molecule has 0 unspecified atom stereocenters. The molecule has 2 aromatic carbocycles. The van der Waals surface area contributed by atoms with Crippen molar-refractivity contribution in [2.75, 3.05) is 11.7 Å². The maximum absolute atomic E-state index is 13.0. The van der Waals surface area contributed by atoms with E-state index in [4.69, 9.17) is 37.7 Å². The molecule has 9 heteroatoms. The van der Waals surface area contributed by atoms with Gasteiger partial charge in [-0.15, -0.1) is 0 Å². The lowest BCUT2D eigenvalue weighted by molar-refractivity contribution is -0.113. The molecule has 1 aromatic heterocycles. The quantitative estimate of drug-likeness (QED) is 0.329. The summed E-state index contributed by atoms with van der Waals surface area (Å²) in [4.78, 5) is 16.0. The Kier molecular flexibility index (Phi) is 5.24. The first-order valence-electron chi connectivity index (χ1n) is 8.78. The highest BCUT2D eigenvalue weighted by Crippen LogP contribution is 2.41. The Hall–Kier alpha value is -2.39. The normalized spacial score (nSPS) is 16.7. The molecule has 0 saturated carbocycles. The lowest BCUT2D eigenvalue weighted by atomic mass is 10.2. The summed E-state index contributed by atoms with van der Waals surface area (Å²) in [5, 5.41) is 1.40. The van der Waals surface area contributed by atoms with Crippen molar-refractivity contribution < 1.29 is 18.7 Å². The third-order valence-electron chi connectivity index (χ3n) is 4.32. The molecule has 5 nitrogen and oxygen atoms in total. The van der Waals surface area contributed by atoms with Crippen molar-refractivity contribution in [1.82, 2.24) is 0 Å². The largest absolute Gasteiger partial charge is 0.454 e. The van der Waals surface area contributed by atoms with Gasteiger partial charge in [0.05, 0.1) is 10.6 Å². The molecule has 0 spiro atoms. The van der Waals surface area contributed by atoms with E-state index in [0.717, 1.165) is 9.99 Å². The number of thioether (sulfide) groups is 1. The Labute approximate surface area is 191 Å². The van der Waals surface area contributed by atoms with Crippen LogP contribution in [0.5, 0.6) is 11.5 Å². The fourth-order valence-electron chi connectivity index (χ4n) is 2.93. The number of ether oxygens (including phenoxy) is 2. The van der Waals surface area contributed by atoms with Crippen LogP contribution in [0.1, 0.15) is 5.76 Å². The summed E-state index contributed by atoms with van der Waals surface area (Å²) in [5.74, 6) is 1.63. The van der Waals surface area contributed by atoms with Gasteiger partial charge in [0, 0.05) is 22.1 Å². The molecule has 0 atom stereocenters. The number of benzene rings is 2. The van der Waals surface area contributed by atoms with Crippen LogP contribution in [0.4, 0.5) is 5.69 Å². The van der Waals surface area contributed by atoms with Crippen LogP contribution in [0.25, 0.3) is 6.08 Å². The van der Waals surface area contributed by atoms with Crippen molar-refractivity contribution in [3.8, 4) is 11.5 Å². The molecule has 2 aliphatic heterocycles. The fraction of sp³-hybridized carbons (Fsp3) is 0.0476.